The number of halogens is 1. The second-order valence-corrected chi connectivity index (χ2v) is 7.36. The molecule has 6 heteroatoms. The monoisotopic (exact) mass is 419 g/mol. The minimum Gasteiger partial charge on any atom is -0.496 e. The highest BCUT2D eigenvalue weighted by molar-refractivity contribution is 6.30. The fourth-order valence-corrected chi connectivity index (χ4v) is 3.61. The second kappa shape index (κ2) is 9.01. The Hall–Kier alpha value is -3.31. The van der Waals surface area contributed by atoms with Crippen LogP contribution in [0.15, 0.2) is 72.8 Å². The Morgan fingerprint density at radius 1 is 1.03 bits per heavy atom. The van der Waals surface area contributed by atoms with Gasteiger partial charge in [-0.05, 0) is 42.5 Å². The van der Waals surface area contributed by atoms with Crippen molar-refractivity contribution in [2.45, 2.75) is 13.0 Å². The lowest BCUT2D eigenvalue weighted by Gasteiger charge is -2.13. The number of carbonyl (C=O) groups is 1. The van der Waals surface area contributed by atoms with Gasteiger partial charge in [0.15, 0.2) is 0 Å². The van der Waals surface area contributed by atoms with E-state index in [0.717, 1.165) is 28.2 Å². The number of nitrogens with zero attached hydrogens (tertiary/aromatic N) is 2. The van der Waals surface area contributed by atoms with Crippen molar-refractivity contribution in [2.75, 3.05) is 13.7 Å². The molecule has 4 rings (SSSR count). The number of para-hydroxylation sites is 3. The number of imidazole rings is 1. The summed E-state index contributed by atoms with van der Waals surface area (Å²) in [4.78, 5) is 17.2. The van der Waals surface area contributed by atoms with E-state index in [1.807, 2.05) is 36.4 Å². The highest BCUT2D eigenvalue weighted by atomic mass is 35.5. The molecule has 4 aromatic rings. The average molecular weight is 420 g/mol. The summed E-state index contributed by atoms with van der Waals surface area (Å²) in [5.41, 5.74) is 3.66. The van der Waals surface area contributed by atoms with Crippen LogP contribution in [0.25, 0.3) is 11.0 Å². The lowest BCUT2D eigenvalue weighted by molar-refractivity contribution is 0.0954. The van der Waals surface area contributed by atoms with Crippen LogP contribution in [0, 0.1) is 0 Å². The molecule has 0 aliphatic carbocycles. The number of methoxy groups -OCH3 is 1. The number of benzene rings is 3. The van der Waals surface area contributed by atoms with Crippen LogP contribution in [0.5, 0.6) is 5.75 Å². The lowest BCUT2D eigenvalue weighted by Crippen LogP contribution is -2.26. The smallest absolute Gasteiger partial charge is 0.251 e. The molecule has 0 fully saturated rings. The summed E-state index contributed by atoms with van der Waals surface area (Å²) in [7, 11) is 1.68. The summed E-state index contributed by atoms with van der Waals surface area (Å²) >= 11 is 5.89. The third-order valence-electron chi connectivity index (χ3n) is 5.00. The Balaban J connectivity index is 1.54. The van der Waals surface area contributed by atoms with Crippen LogP contribution < -0.4 is 10.1 Å². The average Bonchev–Trinajstić information content (AvgIpc) is 3.12. The van der Waals surface area contributed by atoms with Gasteiger partial charge in [0, 0.05) is 29.1 Å². The van der Waals surface area contributed by atoms with E-state index in [2.05, 4.69) is 22.0 Å². The molecule has 3 aromatic carbocycles. The van der Waals surface area contributed by atoms with Crippen molar-refractivity contribution < 1.29 is 9.53 Å². The molecule has 0 spiro atoms. The van der Waals surface area contributed by atoms with Gasteiger partial charge in [0.05, 0.1) is 24.7 Å². The van der Waals surface area contributed by atoms with Crippen LogP contribution in [0.2, 0.25) is 5.02 Å². The lowest BCUT2D eigenvalue weighted by atomic mass is 10.2. The fraction of sp³-hybridized carbons (Fsp3) is 0.167. The Morgan fingerprint density at radius 2 is 1.77 bits per heavy atom. The molecule has 0 bridgehead atoms. The number of fused-ring (bicyclic) bond motifs is 1. The van der Waals surface area contributed by atoms with E-state index in [1.165, 1.54) is 0 Å². The zero-order chi connectivity index (χ0) is 20.9. The number of amides is 1. The molecule has 152 valence electrons. The van der Waals surface area contributed by atoms with Crippen LogP contribution in [0.4, 0.5) is 0 Å². The molecule has 0 unspecified atom stereocenters. The SMILES string of the molecule is COc1ccccc1Cn1c(CCNC(=O)c2ccc(Cl)cc2)nc2ccccc21. The summed E-state index contributed by atoms with van der Waals surface area (Å²) in [5.74, 6) is 1.63. The maximum Gasteiger partial charge on any atom is 0.251 e. The third kappa shape index (κ3) is 4.31. The van der Waals surface area contributed by atoms with Gasteiger partial charge in [-0.1, -0.05) is 41.9 Å². The van der Waals surface area contributed by atoms with E-state index >= 15 is 0 Å². The first-order valence-electron chi connectivity index (χ1n) is 9.75. The maximum absolute atomic E-state index is 12.4. The van der Waals surface area contributed by atoms with Gasteiger partial charge in [-0.2, -0.15) is 0 Å². The van der Waals surface area contributed by atoms with Crippen molar-refractivity contribution >= 4 is 28.5 Å². The Kier molecular flexibility index (Phi) is 6.00. The molecule has 1 N–H and O–H groups in total. The van der Waals surface area contributed by atoms with Gasteiger partial charge in [0.25, 0.3) is 5.91 Å². The molecule has 5 nitrogen and oxygen atoms in total. The van der Waals surface area contributed by atoms with E-state index in [4.69, 9.17) is 21.3 Å². The van der Waals surface area contributed by atoms with E-state index in [0.29, 0.717) is 30.1 Å². The Labute approximate surface area is 180 Å². The van der Waals surface area contributed by atoms with E-state index in [-0.39, 0.29) is 5.91 Å². The Morgan fingerprint density at radius 3 is 2.57 bits per heavy atom. The third-order valence-corrected chi connectivity index (χ3v) is 5.25. The van der Waals surface area contributed by atoms with Gasteiger partial charge in [-0.3, -0.25) is 4.79 Å². The summed E-state index contributed by atoms with van der Waals surface area (Å²) < 4.78 is 7.70. The predicted octanol–water partition coefficient (Wildman–Crippen LogP) is 4.72. The number of hydrogen-bond acceptors (Lipinski definition) is 3. The maximum atomic E-state index is 12.4. The van der Waals surface area contributed by atoms with Crippen LogP contribution in [-0.2, 0) is 13.0 Å². The first kappa shape index (κ1) is 20.0. The first-order valence-corrected chi connectivity index (χ1v) is 10.1. The van der Waals surface area contributed by atoms with Gasteiger partial charge in [-0.25, -0.2) is 4.98 Å². The van der Waals surface area contributed by atoms with Gasteiger partial charge < -0.3 is 14.6 Å². The molecule has 0 aliphatic rings. The number of hydrogen-bond donors (Lipinski definition) is 1. The first-order chi connectivity index (χ1) is 14.7. The second-order valence-electron chi connectivity index (χ2n) is 6.93. The van der Waals surface area contributed by atoms with E-state index < -0.39 is 0 Å². The molecule has 1 aromatic heterocycles. The van der Waals surface area contributed by atoms with Crippen LogP contribution in [0.3, 0.4) is 0 Å². The largest absolute Gasteiger partial charge is 0.496 e. The summed E-state index contributed by atoms with van der Waals surface area (Å²) in [6, 6.07) is 22.9. The van der Waals surface area contributed by atoms with Gasteiger partial charge >= 0.3 is 0 Å². The molecule has 0 saturated heterocycles. The normalized spacial score (nSPS) is 10.9. The van der Waals surface area contributed by atoms with Crippen LogP contribution in [-0.4, -0.2) is 29.1 Å². The van der Waals surface area contributed by atoms with E-state index in [9.17, 15) is 4.79 Å². The molecular formula is C24H22ClN3O2. The molecule has 1 heterocycles. The molecule has 0 aliphatic heterocycles. The highest BCUT2D eigenvalue weighted by Gasteiger charge is 2.13. The minimum absolute atomic E-state index is 0.126. The molecule has 1 amide bonds. The minimum atomic E-state index is -0.126. The van der Waals surface area contributed by atoms with Gasteiger partial charge in [0.1, 0.15) is 11.6 Å². The quantitative estimate of drug-likeness (QED) is 0.471. The van der Waals surface area contributed by atoms with Crippen molar-refractivity contribution in [1.82, 2.24) is 14.9 Å². The molecule has 30 heavy (non-hydrogen) atoms. The van der Waals surface area contributed by atoms with Crippen molar-refractivity contribution in [1.29, 1.82) is 0 Å². The predicted molar refractivity (Wildman–Crippen MR) is 119 cm³/mol. The zero-order valence-electron chi connectivity index (χ0n) is 16.6. The number of carbonyl (C=O) groups excluding carboxylic acids is 1. The number of rotatable bonds is 7. The van der Waals surface area contributed by atoms with Gasteiger partial charge in [-0.15, -0.1) is 0 Å². The topological polar surface area (TPSA) is 56.1 Å². The van der Waals surface area contributed by atoms with Gasteiger partial charge in [0.2, 0.25) is 0 Å². The van der Waals surface area contributed by atoms with Crippen LogP contribution >= 0.6 is 11.6 Å². The van der Waals surface area contributed by atoms with Crippen molar-refractivity contribution in [2.24, 2.45) is 0 Å². The standard InChI is InChI=1S/C24H22ClN3O2/c1-30-22-9-5-2-6-18(22)16-28-21-8-4-3-7-20(21)27-23(28)14-15-26-24(29)17-10-12-19(25)13-11-17/h2-13H,14-16H2,1H3,(H,26,29). The van der Waals surface area contributed by atoms with Crippen LogP contribution in [0.1, 0.15) is 21.7 Å². The number of aromatic nitrogens is 2. The summed E-state index contributed by atoms with van der Waals surface area (Å²) in [5, 5.41) is 3.57. The molecule has 0 radical (unpaired) electrons. The van der Waals surface area contributed by atoms with Crippen molar-refractivity contribution in [3.05, 3.63) is 94.8 Å². The number of ether oxygens (including phenoxy) is 1. The van der Waals surface area contributed by atoms with Crippen molar-refractivity contribution in [3.8, 4) is 5.75 Å². The Bertz CT molecular complexity index is 1170. The number of nitrogens with one attached hydrogen (secondary N) is 1. The zero-order valence-corrected chi connectivity index (χ0v) is 17.4. The molecule has 0 saturated carbocycles. The highest BCUT2D eigenvalue weighted by Crippen LogP contribution is 2.23. The summed E-state index contributed by atoms with van der Waals surface area (Å²) in [6.45, 7) is 1.13. The summed E-state index contributed by atoms with van der Waals surface area (Å²) in [6.07, 6.45) is 0.614. The molecular weight excluding hydrogens is 398 g/mol. The molecule has 0 atom stereocenters. The van der Waals surface area contributed by atoms with Crippen molar-refractivity contribution in [3.63, 3.8) is 0 Å². The fourth-order valence-electron chi connectivity index (χ4n) is 3.49. The van der Waals surface area contributed by atoms with E-state index in [1.54, 1.807) is 31.4 Å².